The first-order valence-corrected chi connectivity index (χ1v) is 6.54. The van der Waals surface area contributed by atoms with Crippen molar-refractivity contribution in [3.63, 3.8) is 0 Å². The number of hydrogen-bond acceptors (Lipinski definition) is 3. The average Bonchev–Trinajstić information content (AvgIpc) is 2.29. The Morgan fingerprint density at radius 1 is 1.41 bits per heavy atom. The fourth-order valence-electron chi connectivity index (χ4n) is 2.52. The Balaban J connectivity index is 1.98. The molecule has 17 heavy (non-hydrogen) atoms. The van der Waals surface area contributed by atoms with Crippen LogP contribution in [0.15, 0.2) is 18.2 Å². The van der Waals surface area contributed by atoms with Crippen molar-refractivity contribution in [3.8, 4) is 0 Å². The summed E-state index contributed by atoms with van der Waals surface area (Å²) in [6, 6.07) is 5.91. The molecule has 2 unspecified atom stereocenters. The summed E-state index contributed by atoms with van der Waals surface area (Å²) < 4.78 is 0. The molecule has 1 fully saturated rings. The minimum absolute atomic E-state index is 0.201. The van der Waals surface area contributed by atoms with Crippen molar-refractivity contribution in [1.82, 2.24) is 9.88 Å². The molecule has 4 heteroatoms. The number of hydrogen-bond donors (Lipinski definition) is 1. The highest BCUT2D eigenvalue weighted by Gasteiger charge is 2.26. The van der Waals surface area contributed by atoms with E-state index in [0.717, 1.165) is 31.5 Å². The molecular weight excluding hydrogens is 236 g/mol. The first kappa shape index (κ1) is 12.8. The Labute approximate surface area is 107 Å². The van der Waals surface area contributed by atoms with Gasteiger partial charge in [-0.25, -0.2) is 4.98 Å². The monoisotopic (exact) mass is 254 g/mol. The zero-order chi connectivity index (χ0) is 12.3. The minimum Gasteiger partial charge on any atom is -0.391 e. The van der Waals surface area contributed by atoms with E-state index in [4.69, 9.17) is 11.6 Å². The van der Waals surface area contributed by atoms with Gasteiger partial charge in [-0.1, -0.05) is 30.5 Å². The third-order valence-electron chi connectivity index (χ3n) is 3.44. The largest absolute Gasteiger partial charge is 0.391 e. The summed E-state index contributed by atoms with van der Waals surface area (Å²) in [5.74, 6) is 0. The number of likely N-dealkylation sites (N-methyl/N-ethyl adjacent to an activating group) is 1. The van der Waals surface area contributed by atoms with Gasteiger partial charge in [0, 0.05) is 12.6 Å². The highest BCUT2D eigenvalue weighted by atomic mass is 35.5. The van der Waals surface area contributed by atoms with E-state index in [1.54, 1.807) is 6.07 Å². The molecule has 0 aliphatic heterocycles. The molecule has 0 saturated heterocycles. The fraction of sp³-hybridized carbons (Fsp3) is 0.615. The molecule has 0 aromatic carbocycles. The topological polar surface area (TPSA) is 36.4 Å². The highest BCUT2D eigenvalue weighted by molar-refractivity contribution is 6.29. The molecule has 0 bridgehead atoms. The third-order valence-corrected chi connectivity index (χ3v) is 3.65. The van der Waals surface area contributed by atoms with Crippen LogP contribution in [-0.4, -0.2) is 34.2 Å². The van der Waals surface area contributed by atoms with Gasteiger partial charge in [0.2, 0.25) is 0 Å². The molecule has 3 nitrogen and oxygen atoms in total. The van der Waals surface area contributed by atoms with Crippen LogP contribution in [0.5, 0.6) is 0 Å². The van der Waals surface area contributed by atoms with Crippen LogP contribution < -0.4 is 0 Å². The Bertz CT molecular complexity index is 372. The van der Waals surface area contributed by atoms with Crippen LogP contribution in [0.4, 0.5) is 0 Å². The van der Waals surface area contributed by atoms with Crippen molar-refractivity contribution in [2.75, 3.05) is 7.05 Å². The first-order valence-electron chi connectivity index (χ1n) is 6.16. The van der Waals surface area contributed by atoms with Crippen LogP contribution in [0.1, 0.15) is 31.4 Å². The van der Waals surface area contributed by atoms with E-state index in [0.29, 0.717) is 5.15 Å². The quantitative estimate of drug-likeness (QED) is 0.842. The van der Waals surface area contributed by atoms with Gasteiger partial charge in [-0.15, -0.1) is 0 Å². The number of aliphatic hydroxyl groups is 1. The zero-order valence-electron chi connectivity index (χ0n) is 10.1. The van der Waals surface area contributed by atoms with Crippen LogP contribution >= 0.6 is 11.6 Å². The summed E-state index contributed by atoms with van der Waals surface area (Å²) in [7, 11) is 2.04. The number of aromatic nitrogens is 1. The Morgan fingerprint density at radius 2 is 2.18 bits per heavy atom. The molecule has 1 aliphatic rings. The van der Waals surface area contributed by atoms with Crippen molar-refractivity contribution in [2.45, 2.75) is 44.4 Å². The summed E-state index contributed by atoms with van der Waals surface area (Å²) in [4.78, 5) is 6.46. The van der Waals surface area contributed by atoms with Gasteiger partial charge in [0.05, 0.1) is 11.8 Å². The normalized spacial score (nSPS) is 25.2. The van der Waals surface area contributed by atoms with Crippen LogP contribution in [0, 0.1) is 0 Å². The predicted molar refractivity (Wildman–Crippen MR) is 69.0 cm³/mol. The molecule has 1 saturated carbocycles. The fourth-order valence-corrected chi connectivity index (χ4v) is 2.70. The summed E-state index contributed by atoms with van der Waals surface area (Å²) in [5.41, 5.74) is 0.956. The van der Waals surface area contributed by atoms with Gasteiger partial charge in [0.1, 0.15) is 5.15 Å². The summed E-state index contributed by atoms with van der Waals surface area (Å²) in [5, 5.41) is 10.5. The zero-order valence-corrected chi connectivity index (χ0v) is 10.9. The lowest BCUT2D eigenvalue weighted by molar-refractivity contribution is 0.0283. The Kier molecular flexibility index (Phi) is 4.37. The van der Waals surface area contributed by atoms with Crippen molar-refractivity contribution >= 4 is 11.6 Å². The van der Waals surface area contributed by atoms with Gasteiger partial charge in [0.25, 0.3) is 0 Å². The molecule has 1 heterocycles. The number of aliphatic hydroxyl groups excluding tert-OH is 1. The molecule has 1 N–H and O–H groups in total. The Morgan fingerprint density at radius 3 is 2.88 bits per heavy atom. The molecule has 1 aromatic heterocycles. The maximum atomic E-state index is 9.98. The second-order valence-corrected chi connectivity index (χ2v) is 5.17. The smallest absolute Gasteiger partial charge is 0.129 e. The van der Waals surface area contributed by atoms with Gasteiger partial charge in [-0.3, -0.25) is 4.90 Å². The number of nitrogens with zero attached hydrogens (tertiary/aromatic N) is 2. The molecule has 0 spiro atoms. The van der Waals surface area contributed by atoms with Gasteiger partial charge in [-0.05, 0) is 32.0 Å². The Hall–Kier alpha value is -0.640. The summed E-state index contributed by atoms with van der Waals surface area (Å²) in [6.07, 6.45) is 4.12. The first-order chi connectivity index (χ1) is 8.16. The standard InChI is InChI=1S/C13H19ClN2O/c1-16(11-6-2-3-7-12(11)17)9-10-5-4-8-13(14)15-10/h4-5,8,11-12,17H,2-3,6-7,9H2,1H3. The third kappa shape index (κ3) is 3.41. The molecule has 2 atom stereocenters. The van der Waals surface area contributed by atoms with Crippen LogP contribution in [0.2, 0.25) is 5.15 Å². The van der Waals surface area contributed by atoms with E-state index < -0.39 is 0 Å². The van der Waals surface area contributed by atoms with E-state index >= 15 is 0 Å². The summed E-state index contributed by atoms with van der Waals surface area (Å²) in [6.45, 7) is 0.738. The SMILES string of the molecule is CN(Cc1cccc(Cl)n1)C1CCCCC1O. The average molecular weight is 255 g/mol. The number of rotatable bonds is 3. The lowest BCUT2D eigenvalue weighted by atomic mass is 9.91. The van der Waals surface area contributed by atoms with E-state index in [1.165, 1.54) is 6.42 Å². The maximum absolute atomic E-state index is 9.98. The van der Waals surface area contributed by atoms with E-state index in [-0.39, 0.29) is 12.1 Å². The second kappa shape index (κ2) is 5.80. The van der Waals surface area contributed by atoms with Crippen molar-refractivity contribution in [2.24, 2.45) is 0 Å². The molecule has 1 aromatic rings. The van der Waals surface area contributed by atoms with Crippen molar-refractivity contribution < 1.29 is 5.11 Å². The van der Waals surface area contributed by atoms with Crippen LogP contribution in [-0.2, 0) is 6.54 Å². The maximum Gasteiger partial charge on any atom is 0.129 e. The lowest BCUT2D eigenvalue weighted by Crippen LogP contribution is -2.42. The highest BCUT2D eigenvalue weighted by Crippen LogP contribution is 2.23. The van der Waals surface area contributed by atoms with Crippen LogP contribution in [0.3, 0.4) is 0 Å². The van der Waals surface area contributed by atoms with E-state index in [2.05, 4.69) is 9.88 Å². The number of halogens is 1. The van der Waals surface area contributed by atoms with Crippen molar-refractivity contribution in [1.29, 1.82) is 0 Å². The van der Waals surface area contributed by atoms with Crippen molar-refractivity contribution in [3.05, 3.63) is 29.0 Å². The lowest BCUT2D eigenvalue weighted by Gasteiger charge is -2.35. The second-order valence-electron chi connectivity index (χ2n) is 4.79. The molecule has 0 amide bonds. The molecule has 0 radical (unpaired) electrons. The molecular formula is C13H19ClN2O. The van der Waals surface area contributed by atoms with E-state index in [9.17, 15) is 5.11 Å². The molecule has 2 rings (SSSR count). The molecule has 1 aliphatic carbocycles. The number of pyridine rings is 1. The van der Waals surface area contributed by atoms with Gasteiger partial charge in [-0.2, -0.15) is 0 Å². The van der Waals surface area contributed by atoms with Gasteiger partial charge < -0.3 is 5.11 Å². The van der Waals surface area contributed by atoms with Crippen LogP contribution in [0.25, 0.3) is 0 Å². The predicted octanol–water partition coefficient (Wildman–Crippen LogP) is 2.47. The van der Waals surface area contributed by atoms with E-state index in [1.807, 2.05) is 19.2 Å². The summed E-state index contributed by atoms with van der Waals surface area (Å²) >= 11 is 5.86. The molecule has 94 valence electrons. The van der Waals surface area contributed by atoms with Gasteiger partial charge in [0.15, 0.2) is 0 Å². The van der Waals surface area contributed by atoms with Gasteiger partial charge >= 0.3 is 0 Å². The minimum atomic E-state index is -0.201.